The van der Waals surface area contributed by atoms with Gasteiger partial charge < -0.3 is 9.73 Å². The van der Waals surface area contributed by atoms with Crippen LogP contribution >= 0.6 is 12.2 Å². The maximum absolute atomic E-state index is 12.8. The Hall–Kier alpha value is -2.35. The summed E-state index contributed by atoms with van der Waals surface area (Å²) in [5.74, 6) is 0.487. The minimum Gasteiger partial charge on any atom is -0.463 e. The second-order valence-electron chi connectivity index (χ2n) is 3.88. The van der Waals surface area contributed by atoms with E-state index in [1.165, 1.54) is 30.7 Å². The Balaban J connectivity index is 2.00. The molecule has 0 spiro atoms. The Morgan fingerprint density at radius 3 is 2.62 bits per heavy atom. The third-order valence-corrected chi connectivity index (χ3v) is 2.58. The quantitative estimate of drug-likeness (QED) is 0.516. The van der Waals surface area contributed by atoms with Crippen molar-refractivity contribution in [1.82, 2.24) is 5.43 Å². The number of nitrogens with one attached hydrogen (secondary N) is 2. The van der Waals surface area contributed by atoms with Gasteiger partial charge in [-0.05, 0) is 36.5 Å². The van der Waals surface area contributed by atoms with E-state index in [1.807, 2.05) is 0 Å². The van der Waals surface area contributed by atoms with Gasteiger partial charge in [-0.3, -0.25) is 5.43 Å². The van der Waals surface area contributed by atoms with E-state index in [1.54, 1.807) is 12.1 Å². The van der Waals surface area contributed by atoms with Crippen molar-refractivity contribution in [3.63, 3.8) is 0 Å². The fourth-order valence-corrected chi connectivity index (χ4v) is 1.67. The monoisotopic (exact) mass is 313 g/mol. The van der Waals surface area contributed by atoms with Crippen molar-refractivity contribution in [2.24, 2.45) is 5.10 Å². The lowest BCUT2D eigenvalue weighted by Gasteiger charge is -2.14. The minimum absolute atomic E-state index is 0.0606. The molecule has 2 rings (SSSR count). The molecule has 21 heavy (non-hydrogen) atoms. The summed E-state index contributed by atoms with van der Waals surface area (Å²) in [6.45, 7) is 0. The minimum atomic E-state index is -4.46. The Kier molecular flexibility index (Phi) is 4.59. The molecule has 0 unspecified atom stereocenters. The molecule has 0 fully saturated rings. The Morgan fingerprint density at radius 1 is 1.19 bits per heavy atom. The number of halogens is 3. The number of nitrogens with zero attached hydrogens (tertiary/aromatic N) is 1. The number of alkyl halides is 3. The predicted octanol–water partition coefficient (Wildman–Crippen LogP) is 3.62. The molecule has 2 aromatic rings. The van der Waals surface area contributed by atoms with E-state index in [2.05, 4.69) is 15.8 Å². The Bertz CT molecular complexity index is 638. The molecule has 1 aromatic carbocycles. The van der Waals surface area contributed by atoms with Gasteiger partial charge in [0.05, 0.1) is 23.7 Å². The van der Waals surface area contributed by atoms with Crippen LogP contribution in [0, 0.1) is 0 Å². The van der Waals surface area contributed by atoms with Crippen LogP contribution in [0.3, 0.4) is 0 Å². The van der Waals surface area contributed by atoms with E-state index >= 15 is 0 Å². The fourth-order valence-electron chi connectivity index (χ4n) is 1.51. The largest absolute Gasteiger partial charge is 0.463 e. The highest BCUT2D eigenvalue weighted by Gasteiger charge is 2.33. The molecule has 0 aliphatic heterocycles. The number of para-hydroxylation sites is 1. The van der Waals surface area contributed by atoms with Crippen LogP contribution in [-0.4, -0.2) is 11.3 Å². The summed E-state index contributed by atoms with van der Waals surface area (Å²) in [7, 11) is 0. The SMILES string of the molecule is FC(F)(F)c1ccccc1NC(=S)N/N=C\c1ccco1. The van der Waals surface area contributed by atoms with Crippen LogP contribution in [0.5, 0.6) is 0 Å². The van der Waals surface area contributed by atoms with E-state index in [0.717, 1.165) is 6.07 Å². The van der Waals surface area contributed by atoms with Gasteiger partial charge in [-0.1, -0.05) is 12.1 Å². The summed E-state index contributed by atoms with van der Waals surface area (Å²) < 4.78 is 43.4. The van der Waals surface area contributed by atoms with Crippen molar-refractivity contribution >= 4 is 29.2 Å². The lowest BCUT2D eigenvalue weighted by molar-refractivity contribution is -0.136. The lowest BCUT2D eigenvalue weighted by Crippen LogP contribution is -2.25. The molecule has 0 amide bonds. The molecule has 4 nitrogen and oxygen atoms in total. The van der Waals surface area contributed by atoms with Crippen LogP contribution in [0.2, 0.25) is 0 Å². The number of furan rings is 1. The molecule has 2 N–H and O–H groups in total. The van der Waals surface area contributed by atoms with Crippen molar-refractivity contribution in [2.75, 3.05) is 5.32 Å². The summed E-state index contributed by atoms with van der Waals surface area (Å²) in [5, 5.41) is 6.14. The molecular weight excluding hydrogens is 303 g/mol. The number of thiocarbonyl (C=S) groups is 1. The third-order valence-electron chi connectivity index (χ3n) is 2.38. The molecule has 0 saturated carbocycles. The average molecular weight is 313 g/mol. The molecule has 8 heteroatoms. The van der Waals surface area contributed by atoms with Crippen molar-refractivity contribution in [3.8, 4) is 0 Å². The van der Waals surface area contributed by atoms with Crippen molar-refractivity contribution in [1.29, 1.82) is 0 Å². The second kappa shape index (κ2) is 6.40. The van der Waals surface area contributed by atoms with Gasteiger partial charge >= 0.3 is 6.18 Å². The molecule has 0 aliphatic rings. The first-order valence-corrected chi connectivity index (χ1v) is 6.17. The Labute approximate surface area is 123 Å². The van der Waals surface area contributed by atoms with Crippen molar-refractivity contribution < 1.29 is 17.6 Å². The van der Waals surface area contributed by atoms with Gasteiger partial charge in [-0.25, -0.2) is 0 Å². The molecule has 0 saturated heterocycles. The van der Waals surface area contributed by atoms with Gasteiger partial charge in [0.2, 0.25) is 0 Å². The van der Waals surface area contributed by atoms with Crippen molar-refractivity contribution in [3.05, 3.63) is 54.0 Å². The normalized spacial score (nSPS) is 11.6. The number of hydrazone groups is 1. The van der Waals surface area contributed by atoms with Gasteiger partial charge in [0.25, 0.3) is 0 Å². The highest BCUT2D eigenvalue weighted by Crippen LogP contribution is 2.34. The topological polar surface area (TPSA) is 49.6 Å². The summed E-state index contributed by atoms with van der Waals surface area (Å²) >= 11 is 4.88. The standard InChI is InChI=1S/C13H10F3N3OS/c14-13(15,16)10-5-1-2-6-11(10)18-12(21)19-17-8-9-4-3-7-20-9/h1-8H,(H2,18,19,21)/b17-8-. The molecule has 1 heterocycles. The maximum atomic E-state index is 12.8. The van der Waals surface area contributed by atoms with Crippen LogP contribution in [-0.2, 0) is 6.18 Å². The van der Waals surface area contributed by atoms with E-state index < -0.39 is 11.7 Å². The van der Waals surface area contributed by atoms with E-state index in [-0.39, 0.29) is 10.8 Å². The van der Waals surface area contributed by atoms with Gasteiger partial charge in [0, 0.05) is 0 Å². The highest BCUT2D eigenvalue weighted by atomic mass is 32.1. The fraction of sp³-hybridized carbons (Fsp3) is 0.0769. The average Bonchev–Trinajstić information content (AvgIpc) is 2.91. The zero-order valence-electron chi connectivity index (χ0n) is 10.5. The van der Waals surface area contributed by atoms with Crippen LogP contribution < -0.4 is 10.7 Å². The van der Waals surface area contributed by atoms with Gasteiger partial charge in [0.1, 0.15) is 5.76 Å². The molecule has 0 radical (unpaired) electrons. The molecule has 110 valence electrons. The Morgan fingerprint density at radius 2 is 1.95 bits per heavy atom. The van der Waals surface area contributed by atoms with Gasteiger partial charge in [0.15, 0.2) is 5.11 Å². The first kappa shape index (κ1) is 15.0. The third kappa shape index (κ3) is 4.32. The van der Waals surface area contributed by atoms with E-state index in [9.17, 15) is 13.2 Å². The number of anilines is 1. The van der Waals surface area contributed by atoms with Gasteiger partial charge in [-0.2, -0.15) is 18.3 Å². The van der Waals surface area contributed by atoms with Crippen molar-refractivity contribution in [2.45, 2.75) is 6.18 Å². The maximum Gasteiger partial charge on any atom is 0.418 e. The summed E-state index contributed by atoms with van der Waals surface area (Å²) in [5.41, 5.74) is 1.47. The molecule has 0 atom stereocenters. The smallest absolute Gasteiger partial charge is 0.418 e. The highest BCUT2D eigenvalue weighted by molar-refractivity contribution is 7.80. The number of rotatable bonds is 3. The molecule has 0 aliphatic carbocycles. The van der Waals surface area contributed by atoms with Crippen LogP contribution in [0.15, 0.2) is 52.2 Å². The van der Waals surface area contributed by atoms with Crippen LogP contribution in [0.25, 0.3) is 0 Å². The number of hydrogen-bond donors (Lipinski definition) is 2. The molecule has 0 bridgehead atoms. The second-order valence-corrected chi connectivity index (χ2v) is 4.29. The van der Waals surface area contributed by atoms with Gasteiger partial charge in [-0.15, -0.1) is 0 Å². The zero-order chi connectivity index (χ0) is 15.3. The number of benzene rings is 1. The predicted molar refractivity (Wildman–Crippen MR) is 77.1 cm³/mol. The summed E-state index contributed by atoms with van der Waals surface area (Å²) in [6, 6.07) is 8.38. The summed E-state index contributed by atoms with van der Waals surface area (Å²) in [6.07, 6.45) is -1.64. The molecule has 1 aromatic heterocycles. The first-order valence-electron chi connectivity index (χ1n) is 5.76. The van der Waals surface area contributed by atoms with Crippen LogP contribution in [0.4, 0.5) is 18.9 Å². The first-order chi connectivity index (χ1) is 9.97. The lowest BCUT2D eigenvalue weighted by atomic mass is 10.2. The summed E-state index contributed by atoms with van der Waals surface area (Å²) in [4.78, 5) is 0. The van der Waals surface area contributed by atoms with E-state index in [0.29, 0.717) is 5.76 Å². The zero-order valence-corrected chi connectivity index (χ0v) is 11.3. The molecular formula is C13H10F3N3OS. The van der Waals surface area contributed by atoms with Crippen LogP contribution in [0.1, 0.15) is 11.3 Å². The van der Waals surface area contributed by atoms with E-state index in [4.69, 9.17) is 16.6 Å². The number of hydrogen-bond acceptors (Lipinski definition) is 3.